The Morgan fingerprint density at radius 2 is 2.06 bits per heavy atom. The molecule has 2 nitrogen and oxygen atoms in total. The van der Waals surface area contributed by atoms with Gasteiger partial charge in [0.25, 0.3) is 0 Å². The van der Waals surface area contributed by atoms with Crippen LogP contribution < -0.4 is 5.32 Å². The van der Waals surface area contributed by atoms with Gasteiger partial charge in [-0.3, -0.25) is 4.99 Å². The molecule has 4 heteroatoms. The lowest BCUT2D eigenvalue weighted by Gasteiger charge is -2.32. The fourth-order valence-electron chi connectivity index (χ4n) is 2.67. The van der Waals surface area contributed by atoms with Crippen molar-refractivity contribution in [2.75, 3.05) is 11.1 Å². The van der Waals surface area contributed by atoms with Crippen molar-refractivity contribution in [3.63, 3.8) is 0 Å². The van der Waals surface area contributed by atoms with Crippen molar-refractivity contribution < 1.29 is 0 Å². The number of rotatable bonds is 1. The fourth-order valence-corrected chi connectivity index (χ4v) is 4.01. The first kappa shape index (κ1) is 12.4. The number of benzene rings is 1. The maximum atomic E-state index is 6.15. The van der Waals surface area contributed by atoms with E-state index in [1.807, 2.05) is 36.0 Å². The van der Waals surface area contributed by atoms with Gasteiger partial charge in [-0.25, -0.2) is 0 Å². The summed E-state index contributed by atoms with van der Waals surface area (Å²) in [6.45, 7) is 0. The zero-order valence-corrected chi connectivity index (χ0v) is 11.8. The molecule has 1 N–H and O–H groups in total. The number of amidine groups is 1. The summed E-state index contributed by atoms with van der Waals surface area (Å²) in [6, 6.07) is 8.37. The standard InChI is InChI=1S/C14H17ClN2S/c15-11-6-2-4-8-13(11)17-14-16-12-7-3-1-5-10(12)9-18-14/h2,4,6,8,10,12H,1,3,5,7,9H2,(H,16,17). The molecule has 1 heterocycles. The van der Waals surface area contributed by atoms with Gasteiger partial charge in [-0.1, -0.05) is 48.3 Å². The molecule has 3 rings (SSSR count). The molecule has 0 radical (unpaired) electrons. The van der Waals surface area contributed by atoms with Crippen molar-refractivity contribution in [3.8, 4) is 0 Å². The number of hydrogen-bond donors (Lipinski definition) is 1. The van der Waals surface area contributed by atoms with Gasteiger partial charge in [-0.05, 0) is 30.9 Å². The highest BCUT2D eigenvalue weighted by atomic mass is 35.5. The van der Waals surface area contributed by atoms with Gasteiger partial charge in [0.05, 0.1) is 16.8 Å². The van der Waals surface area contributed by atoms with E-state index in [0.29, 0.717) is 6.04 Å². The Hall–Kier alpha value is -0.670. The first-order valence-corrected chi connectivity index (χ1v) is 7.91. The fraction of sp³-hybridized carbons (Fsp3) is 0.500. The van der Waals surface area contributed by atoms with E-state index in [9.17, 15) is 0 Å². The lowest BCUT2D eigenvalue weighted by atomic mass is 9.86. The van der Waals surface area contributed by atoms with E-state index in [1.165, 1.54) is 31.4 Å². The molecule has 0 bridgehead atoms. The van der Waals surface area contributed by atoms with E-state index in [-0.39, 0.29) is 0 Å². The van der Waals surface area contributed by atoms with Crippen LogP contribution in [-0.2, 0) is 0 Å². The Balaban J connectivity index is 1.73. The van der Waals surface area contributed by atoms with Crippen molar-refractivity contribution in [2.45, 2.75) is 31.7 Å². The molecule has 1 aliphatic carbocycles. The van der Waals surface area contributed by atoms with Crippen LogP contribution in [0.4, 0.5) is 5.69 Å². The number of anilines is 1. The Bertz CT molecular complexity index is 461. The van der Waals surface area contributed by atoms with Gasteiger partial charge in [0.1, 0.15) is 0 Å². The molecule has 1 aromatic rings. The van der Waals surface area contributed by atoms with Crippen LogP contribution in [0.3, 0.4) is 0 Å². The molecule has 2 aliphatic rings. The highest BCUT2D eigenvalue weighted by molar-refractivity contribution is 8.14. The summed E-state index contributed by atoms with van der Waals surface area (Å²) in [5.41, 5.74) is 0.958. The maximum Gasteiger partial charge on any atom is 0.161 e. The second kappa shape index (κ2) is 5.54. The molecule has 96 valence electrons. The quantitative estimate of drug-likeness (QED) is 0.824. The second-order valence-corrected chi connectivity index (χ2v) is 6.38. The number of fused-ring (bicyclic) bond motifs is 1. The van der Waals surface area contributed by atoms with Gasteiger partial charge in [0.2, 0.25) is 0 Å². The topological polar surface area (TPSA) is 24.4 Å². The molecular weight excluding hydrogens is 264 g/mol. The third-order valence-electron chi connectivity index (χ3n) is 3.70. The van der Waals surface area contributed by atoms with Crippen LogP contribution in [0.2, 0.25) is 5.02 Å². The van der Waals surface area contributed by atoms with Crippen LogP contribution in [0.25, 0.3) is 0 Å². The van der Waals surface area contributed by atoms with Gasteiger partial charge in [-0.2, -0.15) is 0 Å². The van der Waals surface area contributed by atoms with Gasteiger partial charge in [0, 0.05) is 5.75 Å². The molecule has 1 fully saturated rings. The molecule has 2 atom stereocenters. The zero-order chi connectivity index (χ0) is 12.4. The van der Waals surface area contributed by atoms with E-state index in [2.05, 4.69) is 5.32 Å². The highest BCUT2D eigenvalue weighted by Crippen LogP contribution is 2.34. The van der Waals surface area contributed by atoms with Crippen LogP contribution in [0.1, 0.15) is 25.7 Å². The van der Waals surface area contributed by atoms with Crippen LogP contribution in [0, 0.1) is 5.92 Å². The van der Waals surface area contributed by atoms with Crippen molar-refractivity contribution in [3.05, 3.63) is 29.3 Å². The molecular formula is C14H17ClN2S. The lowest BCUT2D eigenvalue weighted by molar-refractivity contribution is 0.336. The Morgan fingerprint density at radius 1 is 1.22 bits per heavy atom. The number of hydrogen-bond acceptors (Lipinski definition) is 3. The van der Waals surface area contributed by atoms with Gasteiger partial charge in [-0.15, -0.1) is 0 Å². The molecule has 18 heavy (non-hydrogen) atoms. The number of para-hydroxylation sites is 1. The van der Waals surface area contributed by atoms with Crippen molar-refractivity contribution in [1.29, 1.82) is 0 Å². The second-order valence-electron chi connectivity index (χ2n) is 4.96. The predicted molar refractivity (Wildman–Crippen MR) is 80.7 cm³/mol. The van der Waals surface area contributed by atoms with Crippen molar-refractivity contribution >= 4 is 34.2 Å². The third-order valence-corrected chi connectivity index (χ3v) is 5.11. The average Bonchev–Trinajstić information content (AvgIpc) is 2.41. The molecule has 0 saturated heterocycles. The molecule has 0 spiro atoms. The summed E-state index contributed by atoms with van der Waals surface area (Å²) in [7, 11) is 0. The average molecular weight is 281 g/mol. The minimum atomic E-state index is 0.532. The summed E-state index contributed by atoms with van der Waals surface area (Å²) in [6.07, 6.45) is 5.30. The lowest BCUT2D eigenvalue weighted by Crippen LogP contribution is -2.31. The Kier molecular flexibility index (Phi) is 3.80. The van der Waals surface area contributed by atoms with Crippen LogP contribution in [0.5, 0.6) is 0 Å². The number of nitrogens with zero attached hydrogens (tertiary/aromatic N) is 1. The monoisotopic (exact) mass is 280 g/mol. The normalized spacial score (nSPS) is 27.3. The van der Waals surface area contributed by atoms with Crippen LogP contribution in [-0.4, -0.2) is 17.0 Å². The predicted octanol–water partition coefficient (Wildman–Crippen LogP) is 4.41. The van der Waals surface area contributed by atoms with E-state index < -0.39 is 0 Å². The van der Waals surface area contributed by atoms with E-state index in [4.69, 9.17) is 16.6 Å². The van der Waals surface area contributed by atoms with Crippen LogP contribution >= 0.6 is 23.4 Å². The van der Waals surface area contributed by atoms with Gasteiger partial charge >= 0.3 is 0 Å². The molecule has 0 amide bonds. The van der Waals surface area contributed by atoms with Crippen molar-refractivity contribution in [1.82, 2.24) is 0 Å². The molecule has 1 aliphatic heterocycles. The molecule has 2 unspecified atom stereocenters. The number of thioether (sulfide) groups is 1. The molecule has 1 aromatic carbocycles. The van der Waals surface area contributed by atoms with E-state index >= 15 is 0 Å². The summed E-state index contributed by atoms with van der Waals surface area (Å²) in [5, 5.41) is 5.15. The first-order valence-electron chi connectivity index (χ1n) is 6.55. The summed E-state index contributed by atoms with van der Waals surface area (Å²) in [4.78, 5) is 4.85. The molecule has 1 saturated carbocycles. The minimum Gasteiger partial charge on any atom is -0.334 e. The van der Waals surface area contributed by atoms with Gasteiger partial charge in [0.15, 0.2) is 5.17 Å². The minimum absolute atomic E-state index is 0.532. The SMILES string of the molecule is Clc1ccccc1NC1=NC2CCCCC2CS1. The maximum absolute atomic E-state index is 6.15. The summed E-state index contributed by atoms with van der Waals surface area (Å²) >= 11 is 7.99. The highest BCUT2D eigenvalue weighted by Gasteiger charge is 2.29. The smallest absolute Gasteiger partial charge is 0.161 e. The number of nitrogens with one attached hydrogen (secondary N) is 1. The summed E-state index contributed by atoms with van der Waals surface area (Å²) in [5.74, 6) is 1.99. The first-order chi connectivity index (χ1) is 8.83. The zero-order valence-electron chi connectivity index (χ0n) is 10.2. The molecule has 0 aromatic heterocycles. The Morgan fingerprint density at radius 3 is 2.94 bits per heavy atom. The van der Waals surface area contributed by atoms with Crippen LogP contribution in [0.15, 0.2) is 29.3 Å². The van der Waals surface area contributed by atoms with Gasteiger partial charge < -0.3 is 5.32 Å². The Labute approximate surface area is 117 Å². The third kappa shape index (κ3) is 2.67. The van der Waals surface area contributed by atoms with E-state index in [0.717, 1.165) is 21.8 Å². The number of aliphatic imine (C=N–C) groups is 1. The van der Waals surface area contributed by atoms with Crippen molar-refractivity contribution in [2.24, 2.45) is 10.9 Å². The van der Waals surface area contributed by atoms with E-state index in [1.54, 1.807) is 0 Å². The summed E-state index contributed by atoms with van der Waals surface area (Å²) < 4.78 is 0. The largest absolute Gasteiger partial charge is 0.334 e. The number of halogens is 1.